The van der Waals surface area contributed by atoms with Gasteiger partial charge >= 0.3 is 0 Å². The number of fused-ring (bicyclic) bond motifs is 1. The van der Waals surface area contributed by atoms with Crippen molar-refractivity contribution in [3.05, 3.63) is 65.5 Å². The number of benzene rings is 1. The van der Waals surface area contributed by atoms with E-state index in [1.807, 2.05) is 24.3 Å². The molecule has 0 fully saturated rings. The van der Waals surface area contributed by atoms with E-state index in [0.29, 0.717) is 5.92 Å². The van der Waals surface area contributed by atoms with Crippen LogP contribution in [0.3, 0.4) is 0 Å². The molecule has 4 heteroatoms. The first-order valence-corrected chi connectivity index (χ1v) is 8.90. The van der Waals surface area contributed by atoms with Gasteiger partial charge in [-0.15, -0.1) is 0 Å². The molecule has 3 nitrogen and oxygen atoms in total. The summed E-state index contributed by atoms with van der Waals surface area (Å²) in [5.41, 5.74) is 3.03. The van der Waals surface area contributed by atoms with Crippen molar-refractivity contribution in [2.75, 3.05) is 0 Å². The molecule has 23 heavy (non-hydrogen) atoms. The Bertz CT molecular complexity index is 687. The lowest BCUT2D eigenvalue weighted by molar-refractivity contribution is 0.0713. The van der Waals surface area contributed by atoms with Crippen molar-refractivity contribution in [1.29, 1.82) is 0 Å². The van der Waals surface area contributed by atoms with Crippen molar-refractivity contribution in [1.82, 2.24) is 9.88 Å². The summed E-state index contributed by atoms with van der Waals surface area (Å²) < 4.78 is 0. The molecule has 0 N–H and O–H groups in total. The monoisotopic (exact) mass is 372 g/mol. The van der Waals surface area contributed by atoms with Gasteiger partial charge in [-0.1, -0.05) is 60.1 Å². The van der Waals surface area contributed by atoms with E-state index in [9.17, 15) is 4.79 Å². The zero-order valence-electron chi connectivity index (χ0n) is 13.4. The number of carbonyl (C=O) groups excluding carboxylic acids is 1. The van der Waals surface area contributed by atoms with E-state index in [1.165, 1.54) is 5.56 Å². The number of halogens is 1. The van der Waals surface area contributed by atoms with Gasteiger partial charge in [0.2, 0.25) is 0 Å². The number of hydrogen-bond acceptors (Lipinski definition) is 3. The summed E-state index contributed by atoms with van der Waals surface area (Å²) in [5.74, 6) is 0.595. The van der Waals surface area contributed by atoms with E-state index in [1.54, 1.807) is 12.4 Å². The lowest BCUT2D eigenvalue weighted by Gasteiger charge is -2.40. The molecule has 0 radical (unpaired) electrons. The largest absolute Gasteiger partial charge is 0.292 e. The maximum Gasteiger partial charge on any atom is 0.182 e. The number of pyridine rings is 1. The van der Waals surface area contributed by atoms with E-state index in [2.05, 4.69) is 51.8 Å². The number of alkyl halides is 1. The highest BCUT2D eigenvalue weighted by Gasteiger charge is 2.37. The molecule has 1 aromatic carbocycles. The fourth-order valence-electron chi connectivity index (χ4n) is 3.11. The molecular weight excluding hydrogens is 352 g/mol. The van der Waals surface area contributed by atoms with E-state index < -0.39 is 0 Å². The third kappa shape index (κ3) is 3.38. The Morgan fingerprint density at radius 1 is 1.26 bits per heavy atom. The van der Waals surface area contributed by atoms with Crippen LogP contribution in [0.1, 0.15) is 35.3 Å². The summed E-state index contributed by atoms with van der Waals surface area (Å²) in [6, 6.07) is 12.0. The average Bonchev–Trinajstić information content (AvgIpc) is 2.57. The van der Waals surface area contributed by atoms with Gasteiger partial charge in [0.1, 0.15) is 0 Å². The Labute approximate surface area is 145 Å². The number of carbonyl (C=O) groups is 1. The van der Waals surface area contributed by atoms with E-state index in [-0.39, 0.29) is 16.8 Å². The summed E-state index contributed by atoms with van der Waals surface area (Å²) >= 11 is 3.79. The smallest absolute Gasteiger partial charge is 0.182 e. The molecule has 0 spiro atoms. The Hall–Kier alpha value is -1.52. The summed E-state index contributed by atoms with van der Waals surface area (Å²) in [5, 5.41) is 0. The van der Waals surface area contributed by atoms with Crippen LogP contribution in [-0.4, -0.2) is 26.7 Å². The standard InChI is InChI=1S/C19H21BrN2O/c1-13(2)19(20)22-12-15-8-9-21-11-16(15)18(23)17(22)10-14-6-4-3-5-7-14/h3-9,11,13,17,19H,10,12H2,1-2H3/t17?,19-/m0/s1. The number of Topliss-reactive ketones (excluding diaryl/α,β-unsaturated/α-hetero) is 1. The van der Waals surface area contributed by atoms with Crippen LogP contribution in [-0.2, 0) is 13.0 Å². The minimum absolute atomic E-state index is 0.152. The average molecular weight is 373 g/mol. The van der Waals surface area contributed by atoms with Gasteiger partial charge in [-0.05, 0) is 29.5 Å². The topological polar surface area (TPSA) is 33.2 Å². The molecule has 0 bridgehead atoms. The molecular formula is C19H21BrN2O. The number of rotatable bonds is 4. The summed E-state index contributed by atoms with van der Waals surface area (Å²) in [4.78, 5) is 19.6. The minimum Gasteiger partial charge on any atom is -0.292 e. The first kappa shape index (κ1) is 16.3. The molecule has 1 aliphatic heterocycles. The molecule has 2 atom stereocenters. The zero-order chi connectivity index (χ0) is 16.4. The molecule has 0 aliphatic carbocycles. The van der Waals surface area contributed by atoms with Crippen LogP contribution in [0.25, 0.3) is 0 Å². The molecule has 120 valence electrons. The van der Waals surface area contributed by atoms with Crippen molar-refractivity contribution in [3.63, 3.8) is 0 Å². The van der Waals surface area contributed by atoms with Gasteiger partial charge in [0.25, 0.3) is 0 Å². The molecule has 3 rings (SSSR count). The van der Waals surface area contributed by atoms with Crippen LogP contribution in [0.15, 0.2) is 48.8 Å². The predicted molar refractivity (Wildman–Crippen MR) is 95.6 cm³/mol. The zero-order valence-corrected chi connectivity index (χ0v) is 15.0. The van der Waals surface area contributed by atoms with Gasteiger partial charge < -0.3 is 0 Å². The van der Waals surface area contributed by atoms with E-state index in [4.69, 9.17) is 0 Å². The normalized spacial score (nSPS) is 19.7. The quantitative estimate of drug-likeness (QED) is 0.599. The van der Waals surface area contributed by atoms with Crippen LogP contribution < -0.4 is 0 Å². The van der Waals surface area contributed by atoms with Crippen LogP contribution in [0, 0.1) is 5.92 Å². The highest BCUT2D eigenvalue weighted by Crippen LogP contribution is 2.31. The van der Waals surface area contributed by atoms with Crippen LogP contribution >= 0.6 is 15.9 Å². The number of ketones is 1. The third-order valence-corrected chi connectivity index (χ3v) is 5.95. The highest BCUT2D eigenvalue weighted by molar-refractivity contribution is 9.09. The summed E-state index contributed by atoms with van der Waals surface area (Å²) in [7, 11) is 0. The van der Waals surface area contributed by atoms with Gasteiger partial charge in [0, 0.05) is 24.5 Å². The Balaban J connectivity index is 1.96. The van der Waals surface area contributed by atoms with Crippen molar-refractivity contribution in [2.24, 2.45) is 5.92 Å². The van der Waals surface area contributed by atoms with Gasteiger partial charge in [-0.2, -0.15) is 0 Å². The maximum absolute atomic E-state index is 13.1. The predicted octanol–water partition coefficient (Wildman–Crippen LogP) is 4.07. The van der Waals surface area contributed by atoms with Gasteiger partial charge in [-0.25, -0.2) is 0 Å². The fourth-order valence-corrected chi connectivity index (χ4v) is 3.54. The van der Waals surface area contributed by atoms with Crippen LogP contribution in [0.2, 0.25) is 0 Å². The summed E-state index contributed by atoms with van der Waals surface area (Å²) in [6.45, 7) is 5.12. The SMILES string of the molecule is CC(C)[C@@H](Br)N1Cc2ccncc2C(=O)C1Cc1ccccc1. The molecule has 0 saturated carbocycles. The molecule has 2 aromatic rings. The first-order chi connectivity index (χ1) is 11.1. The molecule has 1 unspecified atom stereocenters. The lowest BCUT2D eigenvalue weighted by Crippen LogP contribution is -2.50. The second-order valence-electron chi connectivity index (χ2n) is 6.39. The van der Waals surface area contributed by atoms with E-state index >= 15 is 0 Å². The number of nitrogens with zero attached hydrogens (tertiary/aromatic N) is 2. The van der Waals surface area contributed by atoms with Crippen molar-refractivity contribution in [3.8, 4) is 0 Å². The maximum atomic E-state index is 13.1. The van der Waals surface area contributed by atoms with Crippen LogP contribution in [0.5, 0.6) is 0 Å². The van der Waals surface area contributed by atoms with Gasteiger partial charge in [0.15, 0.2) is 5.78 Å². The summed E-state index contributed by atoms with van der Waals surface area (Å²) in [6.07, 6.45) is 4.20. The Kier molecular flexibility index (Phi) is 4.93. The lowest BCUT2D eigenvalue weighted by atomic mass is 9.89. The van der Waals surface area contributed by atoms with E-state index in [0.717, 1.165) is 24.1 Å². The van der Waals surface area contributed by atoms with Gasteiger partial charge in [0.05, 0.1) is 11.0 Å². The molecule has 0 amide bonds. The second-order valence-corrected chi connectivity index (χ2v) is 7.33. The van der Waals surface area contributed by atoms with Crippen molar-refractivity contribution in [2.45, 2.75) is 37.8 Å². The second kappa shape index (κ2) is 6.93. The molecule has 0 saturated heterocycles. The molecule has 1 aliphatic rings. The van der Waals surface area contributed by atoms with Crippen molar-refractivity contribution < 1.29 is 4.79 Å². The van der Waals surface area contributed by atoms with Gasteiger partial charge in [-0.3, -0.25) is 14.7 Å². The number of aromatic nitrogens is 1. The first-order valence-electron chi connectivity index (χ1n) is 7.98. The molecule has 1 aromatic heterocycles. The minimum atomic E-state index is -0.152. The molecule has 2 heterocycles. The number of hydrogen-bond donors (Lipinski definition) is 0. The Morgan fingerprint density at radius 2 is 2.00 bits per heavy atom. The van der Waals surface area contributed by atoms with Crippen molar-refractivity contribution >= 4 is 21.7 Å². The Morgan fingerprint density at radius 3 is 2.70 bits per heavy atom. The van der Waals surface area contributed by atoms with Crippen LogP contribution in [0.4, 0.5) is 0 Å². The highest BCUT2D eigenvalue weighted by atomic mass is 79.9. The third-order valence-electron chi connectivity index (χ3n) is 4.37. The fraction of sp³-hybridized carbons (Fsp3) is 0.368.